The third-order valence-electron chi connectivity index (χ3n) is 4.60. The first-order chi connectivity index (χ1) is 12.9. The topological polar surface area (TPSA) is 57.6 Å². The minimum Gasteiger partial charge on any atom is -0.507 e. The number of hydrogen-bond donors (Lipinski definition) is 1. The molecule has 3 rings (SSSR count). The fraction of sp³-hybridized carbons (Fsp3) is 0.238. The van der Waals surface area contributed by atoms with E-state index >= 15 is 0 Å². The highest BCUT2D eigenvalue weighted by molar-refractivity contribution is 9.10. The number of carbonyl (C=O) groups is 2. The number of amides is 1. The molecule has 0 saturated carbocycles. The lowest BCUT2D eigenvalue weighted by molar-refractivity contribution is -0.139. The highest BCUT2D eigenvalue weighted by Crippen LogP contribution is 2.39. The number of nitrogens with zero attached hydrogens (tertiary/aromatic N) is 1. The third-order valence-corrected chi connectivity index (χ3v) is 5.38. The van der Waals surface area contributed by atoms with Crippen LogP contribution in [0.5, 0.6) is 0 Å². The first-order valence-corrected chi connectivity index (χ1v) is 9.91. The molecule has 2 aromatic rings. The molecule has 4 nitrogen and oxygen atoms in total. The highest BCUT2D eigenvalue weighted by Gasteiger charge is 2.45. The molecule has 1 unspecified atom stereocenters. The minimum absolute atomic E-state index is 0.112. The predicted molar refractivity (Wildman–Crippen MR) is 110 cm³/mol. The van der Waals surface area contributed by atoms with Crippen LogP contribution in [0.25, 0.3) is 5.76 Å². The quantitative estimate of drug-likeness (QED) is 0.382. The van der Waals surface area contributed by atoms with E-state index in [1.807, 2.05) is 31.2 Å². The molecule has 1 atom stereocenters. The Bertz CT molecular complexity index is 891. The van der Waals surface area contributed by atoms with Gasteiger partial charge in [0.1, 0.15) is 5.76 Å². The van der Waals surface area contributed by atoms with Crippen molar-refractivity contribution in [2.45, 2.75) is 25.8 Å². The standard InChI is InChI=1S/C21H19BrClNO3/c1-2-3-12-24-18(13-4-8-15(22)9-5-13)17(20(26)21(24)27)19(25)14-6-10-16(23)11-7-14/h4-11,18,25H,2-3,12H2,1H3. The van der Waals surface area contributed by atoms with Gasteiger partial charge in [0.15, 0.2) is 0 Å². The van der Waals surface area contributed by atoms with Crippen molar-refractivity contribution in [1.29, 1.82) is 0 Å². The van der Waals surface area contributed by atoms with Gasteiger partial charge in [-0.3, -0.25) is 9.59 Å². The van der Waals surface area contributed by atoms with E-state index in [0.29, 0.717) is 17.1 Å². The van der Waals surface area contributed by atoms with Crippen LogP contribution in [0.15, 0.2) is 58.6 Å². The zero-order valence-electron chi connectivity index (χ0n) is 14.8. The molecule has 140 valence electrons. The summed E-state index contributed by atoms with van der Waals surface area (Å²) in [5.41, 5.74) is 1.35. The molecule has 0 radical (unpaired) electrons. The van der Waals surface area contributed by atoms with Gasteiger partial charge in [-0.2, -0.15) is 0 Å². The summed E-state index contributed by atoms with van der Waals surface area (Å²) in [4.78, 5) is 27.0. The molecule has 0 bridgehead atoms. The molecule has 0 spiro atoms. The molecule has 27 heavy (non-hydrogen) atoms. The average molecular weight is 449 g/mol. The molecular weight excluding hydrogens is 430 g/mol. The van der Waals surface area contributed by atoms with E-state index < -0.39 is 17.7 Å². The van der Waals surface area contributed by atoms with Crippen molar-refractivity contribution < 1.29 is 14.7 Å². The first kappa shape index (κ1) is 19.6. The van der Waals surface area contributed by atoms with Crippen molar-refractivity contribution in [3.63, 3.8) is 0 Å². The first-order valence-electron chi connectivity index (χ1n) is 8.74. The van der Waals surface area contributed by atoms with Crippen molar-refractivity contribution >= 4 is 45.0 Å². The second-order valence-corrected chi connectivity index (χ2v) is 7.76. The summed E-state index contributed by atoms with van der Waals surface area (Å²) in [5, 5.41) is 11.4. The molecule has 1 N–H and O–H groups in total. The Hall–Kier alpha value is -2.11. The van der Waals surface area contributed by atoms with Crippen LogP contribution >= 0.6 is 27.5 Å². The van der Waals surface area contributed by atoms with E-state index in [2.05, 4.69) is 15.9 Å². The van der Waals surface area contributed by atoms with Gasteiger partial charge in [0.05, 0.1) is 11.6 Å². The largest absolute Gasteiger partial charge is 0.507 e. The second kappa shape index (κ2) is 8.28. The Labute approximate surface area is 171 Å². The molecule has 1 aliphatic heterocycles. The Morgan fingerprint density at radius 3 is 2.33 bits per heavy atom. The van der Waals surface area contributed by atoms with Crippen LogP contribution in [-0.4, -0.2) is 28.2 Å². The molecule has 1 fully saturated rings. The van der Waals surface area contributed by atoms with Crippen molar-refractivity contribution in [2.24, 2.45) is 0 Å². The zero-order chi connectivity index (χ0) is 19.6. The molecule has 2 aromatic carbocycles. The molecule has 6 heteroatoms. The van der Waals surface area contributed by atoms with Gasteiger partial charge in [0, 0.05) is 21.6 Å². The number of hydrogen-bond acceptors (Lipinski definition) is 3. The van der Waals surface area contributed by atoms with Crippen LogP contribution < -0.4 is 0 Å². The lowest BCUT2D eigenvalue weighted by Crippen LogP contribution is -2.30. The van der Waals surface area contributed by atoms with E-state index in [4.69, 9.17) is 11.6 Å². The SMILES string of the molecule is CCCCN1C(=O)C(=O)C(=C(O)c2ccc(Cl)cc2)C1c1ccc(Br)cc1. The van der Waals surface area contributed by atoms with Crippen molar-refractivity contribution in [3.8, 4) is 0 Å². The summed E-state index contributed by atoms with van der Waals surface area (Å²) < 4.78 is 0.898. The van der Waals surface area contributed by atoms with E-state index in [0.717, 1.165) is 22.9 Å². The lowest BCUT2D eigenvalue weighted by Gasteiger charge is -2.25. The van der Waals surface area contributed by atoms with Crippen LogP contribution in [0.1, 0.15) is 36.9 Å². The Morgan fingerprint density at radius 1 is 1.11 bits per heavy atom. The summed E-state index contributed by atoms with van der Waals surface area (Å²) in [6, 6.07) is 13.4. The maximum atomic E-state index is 12.8. The van der Waals surface area contributed by atoms with Gasteiger partial charge in [-0.25, -0.2) is 0 Å². The van der Waals surface area contributed by atoms with Crippen LogP contribution in [0.3, 0.4) is 0 Å². The van der Waals surface area contributed by atoms with Crippen LogP contribution in [0, 0.1) is 0 Å². The third kappa shape index (κ3) is 3.94. The molecule has 1 saturated heterocycles. The highest BCUT2D eigenvalue weighted by atomic mass is 79.9. The Morgan fingerprint density at radius 2 is 1.74 bits per heavy atom. The van der Waals surface area contributed by atoms with Crippen LogP contribution in [0.4, 0.5) is 0 Å². The summed E-state index contributed by atoms with van der Waals surface area (Å²) in [5.74, 6) is -1.42. The van der Waals surface area contributed by atoms with Gasteiger partial charge < -0.3 is 10.0 Å². The average Bonchev–Trinajstić information content (AvgIpc) is 2.91. The molecule has 1 aliphatic rings. The number of benzene rings is 2. The molecular formula is C21H19BrClNO3. The van der Waals surface area contributed by atoms with Crippen molar-refractivity contribution in [3.05, 3.63) is 74.7 Å². The molecule has 0 aromatic heterocycles. The van der Waals surface area contributed by atoms with Gasteiger partial charge in [-0.1, -0.05) is 53.0 Å². The van der Waals surface area contributed by atoms with E-state index in [9.17, 15) is 14.7 Å². The van der Waals surface area contributed by atoms with E-state index in [1.54, 1.807) is 29.2 Å². The van der Waals surface area contributed by atoms with Crippen molar-refractivity contribution in [1.82, 2.24) is 4.90 Å². The summed E-state index contributed by atoms with van der Waals surface area (Å²) in [7, 11) is 0. The number of likely N-dealkylation sites (tertiary alicyclic amines) is 1. The Balaban J connectivity index is 2.14. The maximum Gasteiger partial charge on any atom is 0.295 e. The number of aliphatic hydroxyl groups excluding tert-OH is 1. The number of aliphatic hydroxyl groups is 1. The number of carbonyl (C=O) groups excluding carboxylic acids is 2. The zero-order valence-corrected chi connectivity index (χ0v) is 17.1. The lowest BCUT2D eigenvalue weighted by atomic mass is 9.95. The second-order valence-electron chi connectivity index (χ2n) is 6.40. The summed E-state index contributed by atoms with van der Waals surface area (Å²) in [6.07, 6.45) is 1.67. The minimum atomic E-state index is -0.661. The summed E-state index contributed by atoms with van der Waals surface area (Å²) >= 11 is 9.32. The van der Waals surface area contributed by atoms with Gasteiger partial charge >= 0.3 is 0 Å². The molecule has 1 heterocycles. The number of ketones is 1. The maximum absolute atomic E-state index is 12.8. The fourth-order valence-corrected chi connectivity index (χ4v) is 3.58. The molecule has 0 aliphatic carbocycles. The fourth-order valence-electron chi connectivity index (χ4n) is 3.19. The van der Waals surface area contributed by atoms with Crippen LogP contribution in [-0.2, 0) is 9.59 Å². The number of Topliss-reactive ketones (excluding diaryl/α,β-unsaturated/α-hetero) is 1. The summed E-state index contributed by atoms with van der Waals surface area (Å²) in [6.45, 7) is 2.48. The van der Waals surface area contributed by atoms with E-state index in [1.165, 1.54) is 0 Å². The van der Waals surface area contributed by atoms with Crippen molar-refractivity contribution in [2.75, 3.05) is 6.54 Å². The van der Waals surface area contributed by atoms with Gasteiger partial charge in [0.2, 0.25) is 0 Å². The van der Waals surface area contributed by atoms with Gasteiger partial charge in [0.25, 0.3) is 11.7 Å². The number of unbranched alkanes of at least 4 members (excludes halogenated alkanes) is 1. The Kier molecular flexibility index (Phi) is 6.02. The van der Waals surface area contributed by atoms with Gasteiger partial charge in [-0.05, 0) is 48.4 Å². The van der Waals surface area contributed by atoms with Gasteiger partial charge in [-0.15, -0.1) is 0 Å². The predicted octanol–water partition coefficient (Wildman–Crippen LogP) is 5.32. The normalized spacial score (nSPS) is 18.9. The number of halogens is 2. The van der Waals surface area contributed by atoms with Crippen LogP contribution in [0.2, 0.25) is 5.02 Å². The molecule has 1 amide bonds. The number of rotatable bonds is 5. The monoisotopic (exact) mass is 447 g/mol. The van der Waals surface area contributed by atoms with E-state index in [-0.39, 0.29) is 11.3 Å². The smallest absolute Gasteiger partial charge is 0.295 e.